The van der Waals surface area contributed by atoms with Crippen molar-refractivity contribution in [2.45, 2.75) is 13.0 Å². The number of pyridine rings is 1. The van der Waals surface area contributed by atoms with Crippen LogP contribution in [-0.4, -0.2) is 31.6 Å². The van der Waals surface area contributed by atoms with E-state index in [1.807, 2.05) is 0 Å². The van der Waals surface area contributed by atoms with E-state index in [0.29, 0.717) is 21.6 Å². The minimum atomic E-state index is -0.489. The van der Waals surface area contributed by atoms with Crippen LogP contribution in [0, 0.1) is 4.64 Å². The SMILES string of the molecule is CC(C(=O)Nc1ccc(NC(=O)c2ccc[nH]c2=S)cc1)n1cncn1. The predicted octanol–water partition coefficient (Wildman–Crippen LogP) is 2.79. The number of anilines is 2. The van der Waals surface area contributed by atoms with Crippen LogP contribution >= 0.6 is 12.2 Å². The third-order valence-electron chi connectivity index (χ3n) is 3.69. The van der Waals surface area contributed by atoms with Crippen LogP contribution in [0.2, 0.25) is 0 Å². The average Bonchev–Trinajstić information content (AvgIpc) is 3.17. The van der Waals surface area contributed by atoms with E-state index >= 15 is 0 Å². The summed E-state index contributed by atoms with van der Waals surface area (Å²) < 4.78 is 1.84. The smallest absolute Gasteiger partial charge is 0.258 e. The van der Waals surface area contributed by atoms with Gasteiger partial charge in [0.1, 0.15) is 23.3 Å². The summed E-state index contributed by atoms with van der Waals surface area (Å²) >= 11 is 5.10. The highest BCUT2D eigenvalue weighted by molar-refractivity contribution is 7.71. The maximum atomic E-state index is 12.2. The maximum absolute atomic E-state index is 12.2. The molecule has 1 unspecified atom stereocenters. The monoisotopic (exact) mass is 368 g/mol. The third-order valence-corrected chi connectivity index (χ3v) is 4.02. The number of nitrogens with one attached hydrogen (secondary N) is 3. The zero-order valence-electron chi connectivity index (χ0n) is 13.8. The maximum Gasteiger partial charge on any atom is 0.258 e. The minimum Gasteiger partial charge on any atom is -0.352 e. The molecule has 8 nitrogen and oxygen atoms in total. The van der Waals surface area contributed by atoms with Crippen molar-refractivity contribution in [3.05, 3.63) is 65.5 Å². The molecule has 3 aromatic rings. The van der Waals surface area contributed by atoms with Gasteiger partial charge in [-0.2, -0.15) is 5.10 Å². The molecule has 0 saturated heterocycles. The Morgan fingerprint density at radius 1 is 1.15 bits per heavy atom. The topological polar surface area (TPSA) is 105 Å². The first kappa shape index (κ1) is 17.5. The zero-order valence-corrected chi connectivity index (χ0v) is 14.7. The fourth-order valence-electron chi connectivity index (χ4n) is 2.22. The molecule has 132 valence electrons. The number of benzene rings is 1. The number of hydrogen-bond acceptors (Lipinski definition) is 5. The van der Waals surface area contributed by atoms with Gasteiger partial charge in [-0.3, -0.25) is 9.59 Å². The van der Waals surface area contributed by atoms with E-state index in [1.165, 1.54) is 17.3 Å². The Kier molecular flexibility index (Phi) is 5.18. The van der Waals surface area contributed by atoms with Gasteiger partial charge in [-0.15, -0.1) is 0 Å². The second-order valence-electron chi connectivity index (χ2n) is 5.49. The second-order valence-corrected chi connectivity index (χ2v) is 5.89. The quantitative estimate of drug-likeness (QED) is 0.601. The lowest BCUT2D eigenvalue weighted by Gasteiger charge is -2.12. The number of carbonyl (C=O) groups is 2. The summed E-state index contributed by atoms with van der Waals surface area (Å²) in [5.41, 5.74) is 1.59. The lowest BCUT2D eigenvalue weighted by molar-refractivity contribution is -0.119. The summed E-state index contributed by atoms with van der Waals surface area (Å²) in [7, 11) is 0. The molecule has 2 aromatic heterocycles. The van der Waals surface area contributed by atoms with Gasteiger partial charge in [0.05, 0.1) is 5.56 Å². The molecule has 0 aliphatic heterocycles. The molecule has 0 bridgehead atoms. The number of amides is 2. The number of hydrogen-bond donors (Lipinski definition) is 3. The number of aromatic amines is 1. The highest BCUT2D eigenvalue weighted by atomic mass is 32.1. The fraction of sp³-hybridized carbons (Fsp3) is 0.118. The standard InChI is InChI=1S/C17H16N6O2S/c1-11(23-10-18-9-20-23)15(24)21-12-4-6-13(7-5-12)22-16(25)14-3-2-8-19-17(14)26/h2-11H,1H3,(H,19,26)(H,21,24)(H,22,25). The van der Waals surface area contributed by atoms with Crippen LogP contribution in [-0.2, 0) is 4.79 Å². The van der Waals surface area contributed by atoms with Crippen LogP contribution in [0.1, 0.15) is 23.3 Å². The van der Waals surface area contributed by atoms with Crippen molar-refractivity contribution in [2.24, 2.45) is 0 Å². The Morgan fingerprint density at radius 2 is 1.85 bits per heavy atom. The van der Waals surface area contributed by atoms with Crippen LogP contribution in [0.3, 0.4) is 0 Å². The number of rotatable bonds is 5. The molecule has 2 heterocycles. The molecule has 9 heteroatoms. The number of carbonyl (C=O) groups excluding carboxylic acids is 2. The summed E-state index contributed by atoms with van der Waals surface area (Å²) in [5.74, 6) is -0.522. The summed E-state index contributed by atoms with van der Waals surface area (Å²) in [5, 5.41) is 9.50. The van der Waals surface area contributed by atoms with Gasteiger partial charge in [-0.05, 0) is 43.3 Å². The summed E-state index contributed by atoms with van der Waals surface area (Å²) in [6.45, 7) is 1.72. The van der Waals surface area contributed by atoms with Crippen molar-refractivity contribution in [1.82, 2.24) is 19.7 Å². The predicted molar refractivity (Wildman–Crippen MR) is 99.4 cm³/mol. The lowest BCUT2D eigenvalue weighted by atomic mass is 10.2. The lowest BCUT2D eigenvalue weighted by Crippen LogP contribution is -2.24. The molecule has 0 aliphatic rings. The van der Waals surface area contributed by atoms with Gasteiger partial charge < -0.3 is 15.6 Å². The van der Waals surface area contributed by atoms with Crippen molar-refractivity contribution in [2.75, 3.05) is 10.6 Å². The normalized spacial score (nSPS) is 11.6. The van der Waals surface area contributed by atoms with Crippen molar-refractivity contribution < 1.29 is 9.59 Å². The molecule has 1 aromatic carbocycles. The molecule has 0 spiro atoms. The van der Waals surface area contributed by atoms with Gasteiger partial charge in [0.2, 0.25) is 5.91 Å². The molecule has 1 atom stereocenters. The molecule has 3 N–H and O–H groups in total. The van der Waals surface area contributed by atoms with Crippen molar-refractivity contribution in [3.8, 4) is 0 Å². The summed E-state index contributed by atoms with van der Waals surface area (Å²) in [4.78, 5) is 31.1. The highest BCUT2D eigenvalue weighted by Gasteiger charge is 2.15. The van der Waals surface area contributed by atoms with Gasteiger partial charge in [-0.25, -0.2) is 9.67 Å². The Bertz CT molecular complexity index is 965. The van der Waals surface area contributed by atoms with Crippen molar-refractivity contribution in [3.63, 3.8) is 0 Å². The first-order valence-electron chi connectivity index (χ1n) is 7.78. The zero-order chi connectivity index (χ0) is 18.5. The fourth-order valence-corrected chi connectivity index (χ4v) is 2.45. The average molecular weight is 368 g/mol. The van der Waals surface area contributed by atoms with E-state index < -0.39 is 6.04 Å². The molecule has 3 rings (SSSR count). The summed E-state index contributed by atoms with van der Waals surface area (Å²) in [6.07, 6.45) is 4.52. The van der Waals surface area contributed by atoms with E-state index in [1.54, 1.807) is 49.5 Å². The first-order valence-corrected chi connectivity index (χ1v) is 8.19. The van der Waals surface area contributed by atoms with Crippen LogP contribution < -0.4 is 10.6 Å². The molecule has 0 radical (unpaired) electrons. The van der Waals surface area contributed by atoms with E-state index in [9.17, 15) is 9.59 Å². The Hall–Kier alpha value is -3.33. The van der Waals surface area contributed by atoms with Crippen molar-refractivity contribution in [1.29, 1.82) is 0 Å². The first-order chi connectivity index (χ1) is 12.5. The summed E-state index contributed by atoms with van der Waals surface area (Å²) in [6, 6.07) is 9.66. The molecule has 0 aliphatic carbocycles. The Morgan fingerprint density at radius 3 is 2.46 bits per heavy atom. The second kappa shape index (κ2) is 7.70. The molecule has 0 saturated carbocycles. The largest absolute Gasteiger partial charge is 0.352 e. The van der Waals surface area contributed by atoms with E-state index in [4.69, 9.17) is 12.2 Å². The Balaban J connectivity index is 1.63. The highest BCUT2D eigenvalue weighted by Crippen LogP contribution is 2.16. The number of nitrogens with zero attached hydrogens (tertiary/aromatic N) is 3. The van der Waals surface area contributed by atoms with E-state index in [-0.39, 0.29) is 11.8 Å². The van der Waals surface area contributed by atoms with Crippen molar-refractivity contribution >= 4 is 35.4 Å². The van der Waals surface area contributed by atoms with Gasteiger partial charge in [0.15, 0.2) is 0 Å². The van der Waals surface area contributed by atoms with E-state index in [0.717, 1.165) is 0 Å². The van der Waals surface area contributed by atoms with Crippen LogP contribution in [0.5, 0.6) is 0 Å². The van der Waals surface area contributed by atoms with E-state index in [2.05, 4.69) is 25.7 Å². The molecular formula is C17H16N6O2S. The molecule has 0 fully saturated rings. The molecule has 26 heavy (non-hydrogen) atoms. The minimum absolute atomic E-state index is 0.220. The Labute approximate surface area is 154 Å². The number of aromatic nitrogens is 4. The van der Waals surface area contributed by atoms with Gasteiger partial charge in [0, 0.05) is 17.6 Å². The van der Waals surface area contributed by atoms with Crippen LogP contribution in [0.4, 0.5) is 11.4 Å². The molecular weight excluding hydrogens is 352 g/mol. The van der Waals surface area contributed by atoms with Gasteiger partial charge >= 0.3 is 0 Å². The van der Waals surface area contributed by atoms with Crippen LogP contribution in [0.25, 0.3) is 0 Å². The number of H-pyrrole nitrogens is 1. The van der Waals surface area contributed by atoms with Gasteiger partial charge in [-0.1, -0.05) is 12.2 Å². The molecule has 2 amide bonds. The van der Waals surface area contributed by atoms with Crippen LogP contribution in [0.15, 0.2) is 55.2 Å². The third kappa shape index (κ3) is 4.01. The van der Waals surface area contributed by atoms with Gasteiger partial charge in [0.25, 0.3) is 5.91 Å².